The number of aromatic nitrogens is 1. The third kappa shape index (κ3) is 3.59. The first-order valence-corrected chi connectivity index (χ1v) is 8.54. The summed E-state index contributed by atoms with van der Waals surface area (Å²) in [4.78, 5) is 23.4. The lowest BCUT2D eigenvalue weighted by molar-refractivity contribution is 0.0696. The number of amides is 1. The maximum Gasteiger partial charge on any atom is 0.335 e. The van der Waals surface area contributed by atoms with E-state index in [9.17, 15) is 18.0 Å². The minimum atomic E-state index is -3.73. The van der Waals surface area contributed by atoms with Gasteiger partial charge in [-0.05, 0) is 44.2 Å². The van der Waals surface area contributed by atoms with Crippen LogP contribution in [-0.4, -0.2) is 36.2 Å². The molecule has 8 heteroatoms. The van der Waals surface area contributed by atoms with Crippen molar-refractivity contribution in [3.05, 3.63) is 52.8 Å². The summed E-state index contributed by atoms with van der Waals surface area (Å²) in [5.74, 6) is -1.95. The quantitative estimate of drug-likeness (QED) is 0.880. The van der Waals surface area contributed by atoms with Crippen molar-refractivity contribution in [3.8, 4) is 5.69 Å². The van der Waals surface area contributed by atoms with Crippen LogP contribution in [0.15, 0.2) is 30.3 Å². The largest absolute Gasteiger partial charge is 0.478 e. The van der Waals surface area contributed by atoms with Crippen molar-refractivity contribution >= 4 is 21.9 Å². The fourth-order valence-electron chi connectivity index (χ4n) is 2.31. The number of benzene rings is 1. The van der Waals surface area contributed by atoms with Crippen molar-refractivity contribution < 1.29 is 23.1 Å². The molecule has 1 amide bonds. The van der Waals surface area contributed by atoms with Crippen LogP contribution in [0.5, 0.6) is 0 Å². The summed E-state index contributed by atoms with van der Waals surface area (Å²) in [6, 6.07) is 7.55. The first kappa shape index (κ1) is 16.8. The highest BCUT2D eigenvalue weighted by Crippen LogP contribution is 2.22. The van der Waals surface area contributed by atoms with Crippen LogP contribution < -0.4 is 4.72 Å². The maximum atomic E-state index is 12.2. The van der Waals surface area contributed by atoms with Crippen molar-refractivity contribution in [2.75, 3.05) is 6.26 Å². The zero-order chi connectivity index (χ0) is 17.4. The van der Waals surface area contributed by atoms with Crippen LogP contribution in [0.3, 0.4) is 0 Å². The van der Waals surface area contributed by atoms with Gasteiger partial charge < -0.3 is 9.67 Å². The standard InChI is InChI=1S/C15H16N2O5S/c1-9-4-5-10(2)17(9)13-8-11(15(19)20)6-7-12(13)14(18)16-23(3,21)22/h4-8H,1-3H3,(H,16,18)(H,19,20). The van der Waals surface area contributed by atoms with Gasteiger partial charge in [0.15, 0.2) is 0 Å². The Kier molecular flexibility index (Phi) is 4.28. The molecular formula is C15H16N2O5S. The molecular weight excluding hydrogens is 320 g/mol. The van der Waals surface area contributed by atoms with Crippen LogP contribution in [0, 0.1) is 13.8 Å². The van der Waals surface area contributed by atoms with E-state index in [0.29, 0.717) is 5.69 Å². The molecule has 0 unspecified atom stereocenters. The van der Waals surface area contributed by atoms with Gasteiger partial charge in [-0.25, -0.2) is 17.9 Å². The van der Waals surface area contributed by atoms with Gasteiger partial charge in [-0.1, -0.05) is 0 Å². The molecule has 0 radical (unpaired) electrons. The molecule has 0 aliphatic rings. The summed E-state index contributed by atoms with van der Waals surface area (Å²) in [5, 5.41) is 9.16. The minimum Gasteiger partial charge on any atom is -0.478 e. The highest BCUT2D eigenvalue weighted by Gasteiger charge is 2.19. The van der Waals surface area contributed by atoms with Gasteiger partial charge in [0.05, 0.1) is 23.1 Å². The molecule has 0 aliphatic heterocycles. The Bertz CT molecular complexity index is 877. The van der Waals surface area contributed by atoms with Gasteiger partial charge in [0, 0.05) is 11.4 Å². The molecule has 122 valence electrons. The molecule has 1 aromatic heterocycles. The predicted octanol–water partition coefficient (Wildman–Crippen LogP) is 1.48. The third-order valence-corrected chi connectivity index (χ3v) is 3.84. The van der Waals surface area contributed by atoms with Crippen LogP contribution in [0.4, 0.5) is 0 Å². The molecule has 0 atom stereocenters. The normalized spacial score (nSPS) is 11.3. The summed E-state index contributed by atoms with van der Waals surface area (Å²) in [7, 11) is -3.73. The summed E-state index contributed by atoms with van der Waals surface area (Å²) >= 11 is 0. The van der Waals surface area contributed by atoms with E-state index >= 15 is 0 Å². The molecule has 1 heterocycles. The number of rotatable bonds is 4. The molecule has 1 aromatic carbocycles. The molecule has 0 aliphatic carbocycles. The average Bonchev–Trinajstić information content (AvgIpc) is 2.75. The second-order valence-corrected chi connectivity index (χ2v) is 6.94. The predicted molar refractivity (Wildman–Crippen MR) is 84.5 cm³/mol. The molecule has 0 bridgehead atoms. The third-order valence-electron chi connectivity index (χ3n) is 3.28. The first-order chi connectivity index (χ1) is 10.6. The lowest BCUT2D eigenvalue weighted by atomic mass is 10.1. The molecule has 2 aromatic rings. The van der Waals surface area contributed by atoms with Crippen molar-refractivity contribution in [2.45, 2.75) is 13.8 Å². The van der Waals surface area contributed by atoms with Crippen LogP contribution in [0.1, 0.15) is 32.1 Å². The van der Waals surface area contributed by atoms with E-state index in [-0.39, 0.29) is 11.1 Å². The van der Waals surface area contributed by atoms with Crippen molar-refractivity contribution in [2.24, 2.45) is 0 Å². The minimum absolute atomic E-state index is 0.00315. The Labute approximate surface area is 133 Å². The Hall–Kier alpha value is -2.61. The number of carbonyl (C=O) groups excluding carboxylic acids is 1. The number of hydrogen-bond donors (Lipinski definition) is 2. The fraction of sp³-hybridized carbons (Fsp3) is 0.200. The van der Waals surface area contributed by atoms with Gasteiger partial charge >= 0.3 is 5.97 Å². The van der Waals surface area contributed by atoms with E-state index in [0.717, 1.165) is 17.6 Å². The average molecular weight is 336 g/mol. The SMILES string of the molecule is Cc1ccc(C)n1-c1cc(C(=O)O)ccc1C(=O)NS(C)(=O)=O. The van der Waals surface area contributed by atoms with E-state index in [2.05, 4.69) is 0 Å². The van der Waals surface area contributed by atoms with Crippen LogP contribution in [0.25, 0.3) is 5.69 Å². The number of nitrogens with zero attached hydrogens (tertiary/aromatic N) is 1. The summed E-state index contributed by atoms with van der Waals surface area (Å²) in [6.45, 7) is 3.61. The van der Waals surface area contributed by atoms with Crippen LogP contribution in [0.2, 0.25) is 0 Å². The maximum absolute atomic E-state index is 12.2. The summed E-state index contributed by atoms with van der Waals surface area (Å²) in [6.07, 6.45) is 0.877. The molecule has 0 spiro atoms. The Morgan fingerprint density at radius 3 is 2.13 bits per heavy atom. The van der Waals surface area contributed by atoms with E-state index in [1.165, 1.54) is 18.2 Å². The van der Waals surface area contributed by atoms with Gasteiger partial charge in [0.25, 0.3) is 5.91 Å². The van der Waals surface area contributed by atoms with Crippen LogP contribution in [-0.2, 0) is 10.0 Å². The number of nitrogens with one attached hydrogen (secondary N) is 1. The van der Waals surface area contributed by atoms with E-state index in [1.54, 1.807) is 18.4 Å². The summed E-state index contributed by atoms with van der Waals surface area (Å²) < 4.78 is 26.2. The number of carboxylic acids is 1. The Balaban J connectivity index is 2.68. The lowest BCUT2D eigenvalue weighted by Crippen LogP contribution is -2.30. The van der Waals surface area contributed by atoms with Crippen LogP contribution >= 0.6 is 0 Å². The Morgan fingerprint density at radius 1 is 1.09 bits per heavy atom. The Morgan fingerprint density at radius 2 is 1.65 bits per heavy atom. The number of aromatic carboxylic acids is 1. The second kappa shape index (κ2) is 5.88. The lowest BCUT2D eigenvalue weighted by Gasteiger charge is -2.15. The van der Waals surface area contributed by atoms with Crippen molar-refractivity contribution in [1.29, 1.82) is 0 Å². The number of carbonyl (C=O) groups is 2. The van der Waals surface area contributed by atoms with E-state index < -0.39 is 21.9 Å². The van der Waals surface area contributed by atoms with E-state index in [1.807, 2.05) is 16.9 Å². The molecule has 2 N–H and O–H groups in total. The van der Waals surface area contributed by atoms with Crippen molar-refractivity contribution in [3.63, 3.8) is 0 Å². The van der Waals surface area contributed by atoms with Gasteiger partial charge in [-0.15, -0.1) is 0 Å². The zero-order valence-electron chi connectivity index (χ0n) is 12.8. The highest BCUT2D eigenvalue weighted by molar-refractivity contribution is 7.89. The van der Waals surface area contributed by atoms with Gasteiger partial charge in [-0.2, -0.15) is 0 Å². The summed E-state index contributed by atoms with van der Waals surface area (Å²) in [5.41, 5.74) is 1.97. The molecule has 7 nitrogen and oxygen atoms in total. The van der Waals surface area contributed by atoms with E-state index in [4.69, 9.17) is 5.11 Å². The first-order valence-electron chi connectivity index (χ1n) is 6.65. The second-order valence-electron chi connectivity index (χ2n) is 5.19. The molecule has 0 saturated heterocycles. The smallest absolute Gasteiger partial charge is 0.335 e. The highest BCUT2D eigenvalue weighted by atomic mass is 32.2. The zero-order valence-corrected chi connectivity index (χ0v) is 13.6. The molecule has 2 rings (SSSR count). The van der Waals surface area contributed by atoms with Crippen molar-refractivity contribution in [1.82, 2.24) is 9.29 Å². The number of aryl methyl sites for hydroxylation is 2. The number of carboxylic acid groups (broad SMARTS) is 1. The molecule has 0 fully saturated rings. The van der Waals surface area contributed by atoms with Gasteiger partial charge in [-0.3, -0.25) is 4.79 Å². The topological polar surface area (TPSA) is 105 Å². The van der Waals surface area contributed by atoms with Gasteiger partial charge in [0.2, 0.25) is 10.0 Å². The monoisotopic (exact) mass is 336 g/mol. The number of hydrogen-bond acceptors (Lipinski definition) is 4. The molecule has 23 heavy (non-hydrogen) atoms. The van der Waals surface area contributed by atoms with Gasteiger partial charge in [0.1, 0.15) is 0 Å². The number of sulfonamides is 1. The molecule has 0 saturated carbocycles. The fourth-order valence-corrected chi connectivity index (χ4v) is 2.76.